The summed E-state index contributed by atoms with van der Waals surface area (Å²) in [4.78, 5) is 0. The van der Waals surface area contributed by atoms with Gasteiger partial charge in [0.25, 0.3) is 0 Å². The zero-order chi connectivity index (χ0) is 16.7. The van der Waals surface area contributed by atoms with E-state index in [0.717, 1.165) is 20.9 Å². The van der Waals surface area contributed by atoms with E-state index in [4.69, 9.17) is 4.42 Å². The number of fused-ring (bicyclic) bond motifs is 1. The molecule has 1 aliphatic carbocycles. The molecule has 0 saturated heterocycles. The number of rotatable bonds is 2. The Balaban J connectivity index is 2.85. The van der Waals surface area contributed by atoms with Crippen LogP contribution in [0.4, 0.5) is 0 Å². The predicted octanol–water partition coefficient (Wildman–Crippen LogP) is 2.59. The molecule has 1 N–H and O–H groups in total. The lowest BCUT2D eigenvalue weighted by atomic mass is 9.91. The van der Waals surface area contributed by atoms with Crippen molar-refractivity contribution >= 4 is 10.3 Å². The smallest absolute Gasteiger partial charge is 0.460 e. The monoisotopic (exact) mass is 324 g/mol. The number of benzene rings is 1. The van der Waals surface area contributed by atoms with Crippen molar-refractivity contribution in [2.24, 2.45) is 0 Å². The lowest BCUT2D eigenvalue weighted by Crippen LogP contribution is -2.35. The Morgan fingerprint density at radius 2 is 1.86 bits per heavy atom. The molecule has 2 aliphatic rings. The maximum Gasteiger partial charge on any atom is 0.506 e. The van der Waals surface area contributed by atoms with Crippen molar-refractivity contribution in [3.05, 3.63) is 40.9 Å². The largest absolute Gasteiger partial charge is 0.506 e. The summed E-state index contributed by atoms with van der Waals surface area (Å²) in [7, 11) is -4.29. The molecule has 6 heteroatoms. The van der Waals surface area contributed by atoms with Crippen LogP contribution in [-0.2, 0) is 15.7 Å². The first-order chi connectivity index (χ1) is 10.0. The Morgan fingerprint density at radius 3 is 2.36 bits per heavy atom. The van der Waals surface area contributed by atoms with Gasteiger partial charge in [0.05, 0.1) is 6.07 Å². The van der Waals surface area contributed by atoms with Crippen LogP contribution in [0, 0.1) is 6.92 Å². The second-order valence-corrected chi connectivity index (χ2v) is 7.70. The maximum absolute atomic E-state index is 11.4. The molecule has 0 aromatic carbocycles. The molecule has 0 fully saturated rings. The van der Waals surface area contributed by atoms with E-state index in [1.807, 2.05) is 19.1 Å². The summed E-state index contributed by atoms with van der Waals surface area (Å²) >= 11 is 0. The van der Waals surface area contributed by atoms with E-state index in [9.17, 15) is 13.0 Å². The summed E-state index contributed by atoms with van der Waals surface area (Å²) < 4.78 is 39.1. The minimum absolute atomic E-state index is 0.141. The molecule has 5 nitrogen and oxygen atoms in total. The van der Waals surface area contributed by atoms with Crippen LogP contribution in [0.2, 0.25) is 0 Å². The van der Waals surface area contributed by atoms with Crippen molar-refractivity contribution in [3.63, 3.8) is 0 Å². The third kappa shape index (κ3) is 3.23. The zero-order valence-electron chi connectivity index (χ0n) is 13.5. The number of hydrogen-bond acceptors (Lipinski definition) is 3. The molecule has 0 radical (unpaired) electrons. The average molecular weight is 324 g/mol. The lowest BCUT2D eigenvalue weighted by molar-refractivity contribution is 0.403. The van der Waals surface area contributed by atoms with Gasteiger partial charge in [-0.05, 0) is 31.5 Å². The Labute approximate surface area is 131 Å². The summed E-state index contributed by atoms with van der Waals surface area (Å²) in [5.74, 6) is 1.43. The molecule has 0 saturated carbocycles. The normalized spacial score (nSPS) is 14.3. The molecular formula is C16H22NO4S+. The summed E-state index contributed by atoms with van der Waals surface area (Å²) in [6.07, 6.45) is 0. The third-order valence-corrected chi connectivity index (χ3v) is 4.58. The Kier molecular flexibility index (Phi) is 4.19. The highest BCUT2D eigenvalue weighted by atomic mass is 32.2. The second-order valence-electron chi connectivity index (χ2n) is 6.37. The van der Waals surface area contributed by atoms with Crippen LogP contribution in [0.1, 0.15) is 39.0 Å². The van der Waals surface area contributed by atoms with Gasteiger partial charge in [-0.3, -0.25) is 0 Å². The van der Waals surface area contributed by atoms with E-state index in [-0.39, 0.29) is 12.0 Å². The number of aryl methyl sites for hydroxylation is 1. The average Bonchev–Trinajstić information content (AvgIpc) is 2.36. The van der Waals surface area contributed by atoms with Crippen LogP contribution in [0.3, 0.4) is 0 Å². The molecule has 2 rings (SSSR count). The van der Waals surface area contributed by atoms with Gasteiger partial charge in [-0.2, -0.15) is 0 Å². The fraction of sp³-hybridized carbons (Fsp3) is 0.438. The first-order valence-corrected chi connectivity index (χ1v) is 8.57. The van der Waals surface area contributed by atoms with Gasteiger partial charge < -0.3 is 4.42 Å². The van der Waals surface area contributed by atoms with Crippen LogP contribution in [-0.4, -0.2) is 19.5 Å². The van der Waals surface area contributed by atoms with E-state index in [2.05, 4.69) is 20.8 Å². The molecule has 120 valence electrons. The molecule has 0 aromatic rings. The molecular weight excluding hydrogens is 302 g/mol. The first-order valence-electron chi connectivity index (χ1n) is 7.17. The van der Waals surface area contributed by atoms with Crippen molar-refractivity contribution < 1.29 is 17.4 Å². The quantitative estimate of drug-likeness (QED) is 0.681. The fourth-order valence-corrected chi connectivity index (χ4v) is 3.05. The van der Waals surface area contributed by atoms with E-state index in [0.29, 0.717) is 11.1 Å². The number of hydrogen-bond donors (Lipinski definition) is 1. The van der Waals surface area contributed by atoms with Crippen LogP contribution >= 0.6 is 0 Å². The Hall–Kier alpha value is -1.66. The highest BCUT2D eigenvalue weighted by Gasteiger charge is 2.23. The van der Waals surface area contributed by atoms with Crippen LogP contribution in [0.15, 0.2) is 28.7 Å². The van der Waals surface area contributed by atoms with Crippen molar-refractivity contribution in [2.45, 2.75) is 40.0 Å². The van der Waals surface area contributed by atoms with E-state index in [1.54, 1.807) is 19.1 Å². The highest BCUT2D eigenvalue weighted by molar-refractivity contribution is 7.84. The SMILES string of the molecule is CC[N+](=c1ccc2c(C)cc(C(C)(C)C)oc-2c1)S(=O)(=O)O. The van der Waals surface area contributed by atoms with Gasteiger partial charge in [0.1, 0.15) is 11.5 Å². The predicted molar refractivity (Wildman–Crippen MR) is 86.1 cm³/mol. The minimum Gasteiger partial charge on any atom is -0.460 e. The first kappa shape index (κ1) is 16.7. The van der Waals surface area contributed by atoms with Gasteiger partial charge in [0, 0.05) is 17.0 Å². The molecule has 0 aromatic heterocycles. The van der Waals surface area contributed by atoms with Gasteiger partial charge in [0.15, 0.2) is 6.54 Å². The Morgan fingerprint density at radius 1 is 1.23 bits per heavy atom. The van der Waals surface area contributed by atoms with Crippen molar-refractivity contribution in [1.29, 1.82) is 0 Å². The van der Waals surface area contributed by atoms with Crippen molar-refractivity contribution in [3.8, 4) is 11.3 Å². The maximum atomic E-state index is 11.4. The molecule has 1 heterocycles. The van der Waals surface area contributed by atoms with Gasteiger partial charge >= 0.3 is 10.3 Å². The summed E-state index contributed by atoms with van der Waals surface area (Å²) in [6, 6.07) is 7.12. The van der Waals surface area contributed by atoms with Crippen LogP contribution < -0.4 is 9.34 Å². The molecule has 0 bridgehead atoms. The molecule has 0 unspecified atom stereocenters. The van der Waals surface area contributed by atoms with Crippen molar-refractivity contribution in [1.82, 2.24) is 3.98 Å². The standard InChI is InChI=1S/C16H21NO4S/c1-6-17(22(18,19)20)12-7-8-13-11(2)9-15(16(3,4)5)21-14(13)10-12/h7-10H,6H2,1-5H3/p+1. The van der Waals surface area contributed by atoms with Gasteiger partial charge in [0.2, 0.25) is 5.36 Å². The third-order valence-electron chi connectivity index (χ3n) is 3.55. The summed E-state index contributed by atoms with van der Waals surface area (Å²) in [6.45, 7) is 9.95. The molecule has 0 atom stereocenters. The Bertz CT molecular complexity index is 841. The molecule has 0 amide bonds. The van der Waals surface area contributed by atoms with Gasteiger partial charge in [-0.1, -0.05) is 24.8 Å². The van der Waals surface area contributed by atoms with E-state index < -0.39 is 10.3 Å². The van der Waals surface area contributed by atoms with E-state index >= 15 is 0 Å². The van der Waals surface area contributed by atoms with Crippen LogP contribution in [0.25, 0.3) is 11.3 Å². The van der Waals surface area contributed by atoms with Crippen LogP contribution in [0.5, 0.6) is 0 Å². The van der Waals surface area contributed by atoms with Gasteiger partial charge in [-0.15, -0.1) is 8.42 Å². The highest BCUT2D eigenvalue weighted by Crippen LogP contribution is 2.31. The van der Waals surface area contributed by atoms with E-state index in [1.165, 1.54) is 0 Å². The molecule has 22 heavy (non-hydrogen) atoms. The van der Waals surface area contributed by atoms with Gasteiger partial charge in [-0.25, -0.2) is 4.55 Å². The lowest BCUT2D eigenvalue weighted by Gasteiger charge is -2.20. The van der Waals surface area contributed by atoms with Crippen molar-refractivity contribution in [2.75, 3.05) is 6.54 Å². The number of nitrogens with zero attached hydrogens (tertiary/aromatic N) is 1. The fourth-order valence-electron chi connectivity index (χ4n) is 2.35. The minimum atomic E-state index is -4.29. The molecule has 1 aliphatic heterocycles. The second kappa shape index (κ2) is 5.52. The summed E-state index contributed by atoms with van der Waals surface area (Å²) in [5.41, 5.74) is 1.83. The topological polar surface area (TPSA) is 70.5 Å². The molecule has 0 spiro atoms. The zero-order valence-corrected chi connectivity index (χ0v) is 14.4. The summed E-state index contributed by atoms with van der Waals surface area (Å²) in [5, 5.41) is 0.381.